The summed E-state index contributed by atoms with van der Waals surface area (Å²) >= 11 is 0. The molecule has 2 heterocycles. The van der Waals surface area contributed by atoms with Gasteiger partial charge in [-0.1, -0.05) is 72.8 Å². The van der Waals surface area contributed by atoms with E-state index in [0.717, 1.165) is 11.1 Å². The number of ether oxygens (including phenoxy) is 3. The van der Waals surface area contributed by atoms with Gasteiger partial charge in [-0.3, -0.25) is 4.21 Å². The Morgan fingerprint density at radius 1 is 0.784 bits per heavy atom. The number of likely N-dealkylation sites (tertiary alicyclic amines) is 1. The molecule has 0 bridgehead atoms. The average Bonchev–Trinajstić information content (AvgIpc) is 3.28. The lowest BCUT2D eigenvalue weighted by Crippen LogP contribution is -2.30. The molecule has 1 amide bonds. The van der Waals surface area contributed by atoms with Crippen molar-refractivity contribution in [2.75, 3.05) is 18.8 Å². The molecule has 9 heteroatoms. The van der Waals surface area contributed by atoms with E-state index >= 15 is 0 Å². The van der Waals surface area contributed by atoms with Crippen molar-refractivity contribution in [2.45, 2.75) is 35.2 Å². The van der Waals surface area contributed by atoms with Gasteiger partial charge in [0.25, 0.3) is 0 Å². The molecule has 0 spiro atoms. The first-order valence-corrected chi connectivity index (χ1v) is 14.5. The summed E-state index contributed by atoms with van der Waals surface area (Å²) in [4.78, 5) is 15.5. The van der Waals surface area contributed by atoms with E-state index in [-0.39, 0.29) is 25.4 Å². The molecule has 2 aliphatic heterocycles. The van der Waals surface area contributed by atoms with Crippen LogP contribution in [0.1, 0.15) is 11.1 Å². The van der Waals surface area contributed by atoms with Gasteiger partial charge in [0.1, 0.15) is 24.6 Å². The molecule has 0 saturated carbocycles. The van der Waals surface area contributed by atoms with Gasteiger partial charge in [-0.05, 0) is 23.3 Å². The zero-order chi connectivity index (χ0) is 25.6. The maximum atomic E-state index is 13.0. The van der Waals surface area contributed by atoms with Gasteiger partial charge in [-0.25, -0.2) is 9.00 Å². The maximum absolute atomic E-state index is 13.0. The standard InChI is InChI=1S/C28H27NO6S2/c30-28(34-18-22-11-5-2-6-12-22)29-15-24(33-17-21-9-3-1-4-10-21)25(16-29)35-23-19-36(31)26-13-7-8-14-27(26)37(32)20-23/h1-14,19,24-25H,15-18,20H2/t24-,25+,36+,37+/m1/s1. The summed E-state index contributed by atoms with van der Waals surface area (Å²) in [5, 5.41) is 1.51. The maximum Gasteiger partial charge on any atom is 0.410 e. The average molecular weight is 538 g/mol. The Bertz CT molecular complexity index is 1310. The number of nitrogens with zero attached hydrogens (tertiary/aromatic N) is 1. The molecule has 1 saturated heterocycles. The Morgan fingerprint density at radius 3 is 2.08 bits per heavy atom. The molecule has 4 atom stereocenters. The fourth-order valence-corrected chi connectivity index (χ4v) is 6.94. The van der Waals surface area contributed by atoms with Gasteiger partial charge in [-0.2, -0.15) is 0 Å². The summed E-state index contributed by atoms with van der Waals surface area (Å²) in [5.74, 6) is 0.467. The third-order valence-corrected chi connectivity index (χ3v) is 8.90. The van der Waals surface area contributed by atoms with E-state index < -0.39 is 39.9 Å². The van der Waals surface area contributed by atoms with Gasteiger partial charge in [-0.15, -0.1) is 0 Å². The van der Waals surface area contributed by atoms with Crippen LogP contribution in [0.2, 0.25) is 0 Å². The molecule has 3 aromatic carbocycles. The fourth-order valence-electron chi connectivity index (χ4n) is 4.24. The molecule has 5 rings (SSSR count). The smallest absolute Gasteiger partial charge is 0.410 e. The van der Waals surface area contributed by atoms with Gasteiger partial charge in [0.05, 0.1) is 56.8 Å². The summed E-state index contributed by atoms with van der Waals surface area (Å²) in [6.07, 6.45) is -1.44. The number of carbonyl (C=O) groups is 1. The molecule has 0 aliphatic carbocycles. The van der Waals surface area contributed by atoms with E-state index in [1.54, 1.807) is 29.2 Å². The first-order chi connectivity index (χ1) is 18.1. The Kier molecular flexibility index (Phi) is 8.13. The number of benzene rings is 3. The minimum atomic E-state index is -1.50. The van der Waals surface area contributed by atoms with Gasteiger partial charge in [0, 0.05) is 5.41 Å². The van der Waals surface area contributed by atoms with Crippen LogP contribution >= 0.6 is 0 Å². The summed E-state index contributed by atoms with van der Waals surface area (Å²) in [6.45, 7) is 1.03. The lowest BCUT2D eigenvalue weighted by atomic mass is 10.2. The monoisotopic (exact) mass is 537 g/mol. The van der Waals surface area contributed by atoms with E-state index in [4.69, 9.17) is 14.2 Å². The van der Waals surface area contributed by atoms with E-state index in [9.17, 15) is 13.2 Å². The van der Waals surface area contributed by atoms with E-state index in [1.807, 2.05) is 60.7 Å². The van der Waals surface area contributed by atoms with Gasteiger partial charge in [0.2, 0.25) is 0 Å². The third-order valence-electron chi connectivity index (χ3n) is 6.11. The van der Waals surface area contributed by atoms with Crippen molar-refractivity contribution in [3.8, 4) is 0 Å². The molecule has 3 aromatic rings. The quantitative estimate of drug-likeness (QED) is 0.445. The van der Waals surface area contributed by atoms with Crippen LogP contribution < -0.4 is 0 Å². The molecule has 37 heavy (non-hydrogen) atoms. The van der Waals surface area contributed by atoms with Crippen LogP contribution in [0, 0.1) is 0 Å². The summed E-state index contributed by atoms with van der Waals surface area (Å²) in [7, 11) is -2.90. The second kappa shape index (κ2) is 11.9. The second-order valence-corrected chi connectivity index (χ2v) is 11.4. The predicted octanol–water partition coefficient (Wildman–Crippen LogP) is 4.38. The van der Waals surface area contributed by atoms with Crippen LogP contribution in [0.25, 0.3) is 0 Å². The Morgan fingerprint density at radius 2 is 1.38 bits per heavy atom. The van der Waals surface area contributed by atoms with Gasteiger partial charge < -0.3 is 19.1 Å². The van der Waals surface area contributed by atoms with Crippen molar-refractivity contribution >= 4 is 27.7 Å². The zero-order valence-electron chi connectivity index (χ0n) is 20.1. The largest absolute Gasteiger partial charge is 0.488 e. The highest BCUT2D eigenvalue weighted by Crippen LogP contribution is 2.28. The van der Waals surface area contributed by atoms with E-state index in [0.29, 0.717) is 22.2 Å². The van der Waals surface area contributed by atoms with Gasteiger partial charge in [0.15, 0.2) is 0 Å². The highest BCUT2D eigenvalue weighted by molar-refractivity contribution is 7.90. The van der Waals surface area contributed by atoms with Crippen LogP contribution in [0.3, 0.4) is 0 Å². The summed E-state index contributed by atoms with van der Waals surface area (Å²) in [6, 6.07) is 26.2. The fraction of sp³-hybridized carbons (Fsp3) is 0.250. The molecular formula is C28H27NO6S2. The SMILES string of the molecule is O=C(OCc1ccccc1)N1C[C@H](OC2=C[S@](=O)c3ccccc3[S@@](=O)C2)[C@H](OCc2ccccc2)C1. The lowest BCUT2D eigenvalue weighted by Gasteiger charge is -2.21. The molecular weight excluding hydrogens is 510 g/mol. The van der Waals surface area contributed by atoms with Crippen LogP contribution in [0.5, 0.6) is 0 Å². The van der Waals surface area contributed by atoms with E-state index in [1.165, 1.54) is 5.41 Å². The molecule has 0 N–H and O–H groups in total. The Labute approximate surface area is 221 Å². The number of fused-ring (bicyclic) bond motifs is 1. The van der Waals surface area contributed by atoms with Crippen LogP contribution in [0.15, 0.2) is 106 Å². The highest BCUT2D eigenvalue weighted by atomic mass is 32.2. The predicted molar refractivity (Wildman–Crippen MR) is 140 cm³/mol. The van der Waals surface area contributed by atoms with Crippen LogP contribution in [0.4, 0.5) is 4.79 Å². The van der Waals surface area contributed by atoms with Crippen molar-refractivity contribution in [2.24, 2.45) is 0 Å². The number of rotatable bonds is 7. The molecule has 7 nitrogen and oxygen atoms in total. The van der Waals surface area contributed by atoms with E-state index in [2.05, 4.69) is 0 Å². The molecule has 2 aliphatic rings. The Balaban J connectivity index is 1.29. The zero-order valence-corrected chi connectivity index (χ0v) is 21.7. The normalized spacial score (nSPS) is 23.0. The number of hydrogen-bond acceptors (Lipinski definition) is 6. The first-order valence-electron chi connectivity index (χ1n) is 11.9. The van der Waals surface area contributed by atoms with Crippen molar-refractivity contribution in [1.29, 1.82) is 0 Å². The number of amides is 1. The molecule has 192 valence electrons. The summed E-state index contributed by atoms with van der Waals surface area (Å²) < 4.78 is 43.8. The number of carbonyl (C=O) groups excluding carboxylic acids is 1. The Hall–Kier alpha value is -3.27. The third kappa shape index (κ3) is 6.36. The molecule has 0 unspecified atom stereocenters. The second-order valence-electron chi connectivity index (χ2n) is 8.75. The minimum Gasteiger partial charge on any atom is -0.488 e. The summed E-state index contributed by atoms with van der Waals surface area (Å²) in [5.41, 5.74) is 1.89. The van der Waals surface area contributed by atoms with Crippen LogP contribution in [-0.4, -0.2) is 50.5 Å². The van der Waals surface area contributed by atoms with Crippen molar-refractivity contribution in [1.82, 2.24) is 4.90 Å². The molecule has 1 fully saturated rings. The first kappa shape index (κ1) is 25.4. The van der Waals surface area contributed by atoms with Crippen molar-refractivity contribution in [3.05, 3.63) is 107 Å². The minimum absolute atomic E-state index is 0.100. The number of hydrogen-bond donors (Lipinski definition) is 0. The van der Waals surface area contributed by atoms with Crippen LogP contribution in [-0.2, 0) is 49.0 Å². The topological polar surface area (TPSA) is 82.1 Å². The molecule has 0 aromatic heterocycles. The lowest BCUT2D eigenvalue weighted by molar-refractivity contribution is -0.0300. The molecule has 0 radical (unpaired) electrons. The van der Waals surface area contributed by atoms with Gasteiger partial charge >= 0.3 is 6.09 Å². The van der Waals surface area contributed by atoms with Crippen molar-refractivity contribution in [3.63, 3.8) is 0 Å². The van der Waals surface area contributed by atoms with Crippen molar-refractivity contribution < 1.29 is 27.4 Å². The highest BCUT2D eigenvalue weighted by Gasteiger charge is 2.39.